The van der Waals surface area contributed by atoms with Crippen LogP contribution in [-0.4, -0.2) is 6.54 Å². The van der Waals surface area contributed by atoms with Crippen molar-refractivity contribution in [2.24, 2.45) is 5.73 Å². The average Bonchev–Trinajstić information content (AvgIpc) is 2.89. The molecule has 0 bridgehead atoms. The van der Waals surface area contributed by atoms with Crippen LogP contribution in [0, 0.1) is 5.82 Å². The molecular weight excluding hydrogens is 251 g/mol. The van der Waals surface area contributed by atoms with Crippen LogP contribution in [0.1, 0.15) is 30.5 Å². The van der Waals surface area contributed by atoms with E-state index in [1.807, 2.05) is 6.07 Å². The molecule has 1 unspecified atom stereocenters. The number of hydrogen-bond acceptors (Lipinski definition) is 2. The van der Waals surface area contributed by atoms with Crippen LogP contribution in [0.2, 0.25) is 0 Å². The summed E-state index contributed by atoms with van der Waals surface area (Å²) >= 11 is 0. The SMILES string of the molecule is CCC(N)c1ccc(N2CCc3ccc(F)cc32)cc1. The third kappa shape index (κ3) is 2.29. The third-order valence-electron chi connectivity index (χ3n) is 4.02. The summed E-state index contributed by atoms with van der Waals surface area (Å²) < 4.78 is 13.4. The van der Waals surface area contributed by atoms with E-state index in [2.05, 4.69) is 36.1 Å². The minimum Gasteiger partial charge on any atom is -0.341 e. The number of benzene rings is 2. The summed E-state index contributed by atoms with van der Waals surface area (Å²) in [6, 6.07) is 13.4. The first-order valence-electron chi connectivity index (χ1n) is 7.10. The van der Waals surface area contributed by atoms with E-state index in [9.17, 15) is 4.39 Å². The highest BCUT2D eigenvalue weighted by atomic mass is 19.1. The molecule has 2 aromatic carbocycles. The maximum atomic E-state index is 13.4. The molecule has 2 nitrogen and oxygen atoms in total. The molecule has 20 heavy (non-hydrogen) atoms. The summed E-state index contributed by atoms with van der Waals surface area (Å²) in [5.74, 6) is -0.180. The first-order chi connectivity index (χ1) is 9.69. The van der Waals surface area contributed by atoms with E-state index >= 15 is 0 Å². The Kier molecular flexibility index (Phi) is 3.45. The summed E-state index contributed by atoms with van der Waals surface area (Å²) in [5, 5.41) is 0. The molecule has 104 valence electrons. The maximum absolute atomic E-state index is 13.4. The fourth-order valence-corrected chi connectivity index (χ4v) is 2.76. The lowest BCUT2D eigenvalue weighted by molar-refractivity contribution is 0.628. The smallest absolute Gasteiger partial charge is 0.125 e. The summed E-state index contributed by atoms with van der Waals surface area (Å²) in [6.07, 6.45) is 1.89. The van der Waals surface area contributed by atoms with Crippen LogP contribution in [0.15, 0.2) is 42.5 Å². The zero-order valence-corrected chi connectivity index (χ0v) is 11.6. The molecule has 0 saturated carbocycles. The molecule has 1 atom stereocenters. The van der Waals surface area contributed by atoms with E-state index in [0.29, 0.717) is 0 Å². The quantitative estimate of drug-likeness (QED) is 0.915. The van der Waals surface area contributed by atoms with Crippen molar-refractivity contribution in [1.29, 1.82) is 0 Å². The molecule has 0 spiro atoms. The standard InChI is InChI=1S/C17H19FN2/c1-2-16(19)12-4-7-15(8-5-12)20-10-9-13-3-6-14(18)11-17(13)20/h3-8,11,16H,2,9-10,19H2,1H3. The zero-order chi connectivity index (χ0) is 14.1. The van der Waals surface area contributed by atoms with Gasteiger partial charge in [-0.15, -0.1) is 0 Å². The molecule has 1 aliphatic heterocycles. The van der Waals surface area contributed by atoms with Gasteiger partial charge in [-0.25, -0.2) is 4.39 Å². The van der Waals surface area contributed by atoms with Gasteiger partial charge in [0.2, 0.25) is 0 Å². The Balaban J connectivity index is 1.90. The van der Waals surface area contributed by atoms with E-state index in [-0.39, 0.29) is 11.9 Å². The van der Waals surface area contributed by atoms with Crippen LogP contribution < -0.4 is 10.6 Å². The Morgan fingerprint density at radius 2 is 1.95 bits per heavy atom. The molecule has 2 N–H and O–H groups in total. The lowest BCUT2D eigenvalue weighted by Gasteiger charge is -2.20. The maximum Gasteiger partial charge on any atom is 0.125 e. The molecule has 0 amide bonds. The lowest BCUT2D eigenvalue weighted by Crippen LogP contribution is -2.14. The Hall–Kier alpha value is -1.87. The van der Waals surface area contributed by atoms with E-state index in [4.69, 9.17) is 5.73 Å². The number of halogens is 1. The number of rotatable bonds is 3. The van der Waals surface area contributed by atoms with Gasteiger partial charge in [-0.1, -0.05) is 25.1 Å². The Morgan fingerprint density at radius 1 is 1.20 bits per heavy atom. The predicted octanol–water partition coefficient (Wildman–Crippen LogP) is 3.93. The monoisotopic (exact) mass is 270 g/mol. The van der Waals surface area contributed by atoms with Gasteiger partial charge >= 0.3 is 0 Å². The van der Waals surface area contributed by atoms with Crippen molar-refractivity contribution >= 4 is 11.4 Å². The van der Waals surface area contributed by atoms with Gasteiger partial charge in [-0.3, -0.25) is 0 Å². The number of nitrogens with zero attached hydrogens (tertiary/aromatic N) is 1. The second-order valence-electron chi connectivity index (χ2n) is 5.28. The van der Waals surface area contributed by atoms with Gasteiger partial charge in [0.25, 0.3) is 0 Å². The van der Waals surface area contributed by atoms with Crippen LogP contribution in [0.25, 0.3) is 0 Å². The minimum atomic E-state index is -0.180. The molecule has 3 heteroatoms. The van der Waals surface area contributed by atoms with Crippen LogP contribution in [0.4, 0.5) is 15.8 Å². The normalized spacial score (nSPS) is 15.2. The molecule has 0 saturated heterocycles. The second-order valence-corrected chi connectivity index (χ2v) is 5.28. The molecule has 3 rings (SSSR count). The third-order valence-corrected chi connectivity index (χ3v) is 4.02. The zero-order valence-electron chi connectivity index (χ0n) is 11.6. The van der Waals surface area contributed by atoms with Crippen LogP contribution in [-0.2, 0) is 6.42 Å². The van der Waals surface area contributed by atoms with Gasteiger partial charge in [0.05, 0.1) is 0 Å². The van der Waals surface area contributed by atoms with Crippen molar-refractivity contribution in [2.75, 3.05) is 11.4 Å². The highest BCUT2D eigenvalue weighted by molar-refractivity contribution is 5.70. The van der Waals surface area contributed by atoms with Crippen molar-refractivity contribution in [1.82, 2.24) is 0 Å². The van der Waals surface area contributed by atoms with Gasteiger partial charge in [0.15, 0.2) is 0 Å². The molecule has 2 aromatic rings. The van der Waals surface area contributed by atoms with Gasteiger partial charge in [0.1, 0.15) is 5.82 Å². The highest BCUT2D eigenvalue weighted by Crippen LogP contribution is 2.35. The Morgan fingerprint density at radius 3 is 2.65 bits per heavy atom. The highest BCUT2D eigenvalue weighted by Gasteiger charge is 2.20. The van der Waals surface area contributed by atoms with Crippen LogP contribution >= 0.6 is 0 Å². The molecule has 1 heterocycles. The van der Waals surface area contributed by atoms with Gasteiger partial charge < -0.3 is 10.6 Å². The largest absolute Gasteiger partial charge is 0.341 e. The van der Waals surface area contributed by atoms with Crippen molar-refractivity contribution in [3.8, 4) is 0 Å². The van der Waals surface area contributed by atoms with E-state index < -0.39 is 0 Å². The first-order valence-corrected chi connectivity index (χ1v) is 7.10. The van der Waals surface area contributed by atoms with E-state index in [0.717, 1.165) is 36.3 Å². The van der Waals surface area contributed by atoms with Gasteiger partial charge in [-0.05, 0) is 48.2 Å². The second kappa shape index (κ2) is 5.25. The fraction of sp³-hybridized carbons (Fsp3) is 0.294. The molecule has 1 aliphatic rings. The molecule has 0 aliphatic carbocycles. The molecule has 0 fully saturated rings. The van der Waals surface area contributed by atoms with E-state index in [1.165, 1.54) is 11.6 Å². The minimum absolute atomic E-state index is 0.0901. The summed E-state index contributed by atoms with van der Waals surface area (Å²) in [4.78, 5) is 2.17. The van der Waals surface area contributed by atoms with Crippen molar-refractivity contribution in [2.45, 2.75) is 25.8 Å². The van der Waals surface area contributed by atoms with Crippen molar-refractivity contribution in [3.63, 3.8) is 0 Å². The Labute approximate surface area is 119 Å². The van der Waals surface area contributed by atoms with Crippen LogP contribution in [0.5, 0.6) is 0 Å². The summed E-state index contributed by atoms with van der Waals surface area (Å²) in [5.41, 5.74) is 10.5. The summed E-state index contributed by atoms with van der Waals surface area (Å²) in [7, 11) is 0. The number of fused-ring (bicyclic) bond motifs is 1. The van der Waals surface area contributed by atoms with Gasteiger partial charge in [-0.2, -0.15) is 0 Å². The Bertz CT molecular complexity index is 607. The molecular formula is C17H19FN2. The lowest BCUT2D eigenvalue weighted by atomic mass is 10.1. The first kappa shape index (κ1) is 13.1. The number of anilines is 2. The fourth-order valence-electron chi connectivity index (χ4n) is 2.76. The molecule has 0 radical (unpaired) electrons. The van der Waals surface area contributed by atoms with Crippen molar-refractivity contribution < 1.29 is 4.39 Å². The number of nitrogens with two attached hydrogens (primary N) is 1. The summed E-state index contributed by atoms with van der Waals surface area (Å²) in [6.45, 7) is 2.98. The topological polar surface area (TPSA) is 29.3 Å². The number of hydrogen-bond donors (Lipinski definition) is 1. The van der Waals surface area contributed by atoms with E-state index in [1.54, 1.807) is 6.07 Å². The van der Waals surface area contributed by atoms with Gasteiger partial charge in [0, 0.05) is 24.0 Å². The molecule has 0 aromatic heterocycles. The predicted molar refractivity (Wildman–Crippen MR) is 80.8 cm³/mol. The average molecular weight is 270 g/mol. The van der Waals surface area contributed by atoms with Crippen molar-refractivity contribution in [3.05, 3.63) is 59.4 Å². The van der Waals surface area contributed by atoms with Crippen LogP contribution in [0.3, 0.4) is 0 Å².